The largest absolute Gasteiger partial charge is 0.346 e. The van der Waals surface area contributed by atoms with E-state index in [1.165, 1.54) is 4.90 Å². The van der Waals surface area contributed by atoms with Crippen LogP contribution in [0.25, 0.3) is 0 Å². The van der Waals surface area contributed by atoms with Gasteiger partial charge in [0.25, 0.3) is 5.16 Å². The van der Waals surface area contributed by atoms with Gasteiger partial charge in [0.2, 0.25) is 9.84 Å². The Hall–Kier alpha value is -1.41. The third kappa shape index (κ3) is 4.04. The van der Waals surface area contributed by atoms with Gasteiger partial charge < -0.3 is 4.90 Å². The first-order valence-electron chi connectivity index (χ1n) is 6.08. The highest BCUT2D eigenvalue weighted by Crippen LogP contribution is 2.07. The highest BCUT2D eigenvalue weighted by molar-refractivity contribution is 7.91. The fourth-order valence-corrected chi connectivity index (χ4v) is 2.79. The molecule has 112 valence electrons. The number of amides is 1. The van der Waals surface area contributed by atoms with Crippen molar-refractivity contribution in [2.24, 2.45) is 0 Å². The zero-order chi connectivity index (χ0) is 15.3. The summed E-state index contributed by atoms with van der Waals surface area (Å²) in [5.41, 5.74) is 0. The average molecular weight is 321 g/mol. The Kier molecular flexibility index (Phi) is 5.70. The van der Waals surface area contributed by atoms with Crippen LogP contribution in [0.5, 0.6) is 0 Å². The number of sulfone groups is 1. The molecule has 7 nitrogen and oxygen atoms in total. The summed E-state index contributed by atoms with van der Waals surface area (Å²) in [6, 6.07) is -0.500. The molecule has 1 rings (SSSR count). The molecule has 0 aliphatic carbocycles. The van der Waals surface area contributed by atoms with Gasteiger partial charge in [-0.25, -0.2) is 18.2 Å². The summed E-state index contributed by atoms with van der Waals surface area (Å²) in [5, 5.41) is 3.70. The summed E-state index contributed by atoms with van der Waals surface area (Å²) in [6.45, 7) is 7.58. The molecule has 0 aliphatic rings. The van der Waals surface area contributed by atoms with Crippen LogP contribution in [0, 0.1) is 0 Å². The molecule has 9 heteroatoms. The quantitative estimate of drug-likeness (QED) is 0.793. The van der Waals surface area contributed by atoms with Crippen LogP contribution in [-0.2, 0) is 9.84 Å². The molecule has 1 aromatic heterocycles. The molecule has 0 N–H and O–H groups in total. The maximum atomic E-state index is 12.1. The fraction of sp³-hybridized carbons (Fsp3) is 0.545. The third-order valence-corrected chi connectivity index (χ3v) is 4.24. The number of aromatic nitrogens is 3. The molecule has 0 unspecified atom stereocenters. The maximum Gasteiger partial charge on any atom is 0.346 e. The second-order valence-corrected chi connectivity index (χ2v) is 6.64. The summed E-state index contributed by atoms with van der Waals surface area (Å²) < 4.78 is 24.5. The minimum atomic E-state index is -3.54. The second kappa shape index (κ2) is 6.85. The summed E-state index contributed by atoms with van der Waals surface area (Å²) >= 11 is 5.67. The maximum absolute atomic E-state index is 12.1. The zero-order valence-electron chi connectivity index (χ0n) is 11.4. The Labute approximate surface area is 123 Å². The van der Waals surface area contributed by atoms with Gasteiger partial charge in [-0.2, -0.15) is 4.68 Å². The first kappa shape index (κ1) is 16.6. The fourth-order valence-electron chi connectivity index (χ4n) is 1.51. The van der Waals surface area contributed by atoms with Gasteiger partial charge in [0.1, 0.15) is 6.33 Å². The third-order valence-electron chi connectivity index (χ3n) is 2.43. The van der Waals surface area contributed by atoms with Gasteiger partial charge in [0.05, 0.1) is 12.3 Å². The van der Waals surface area contributed by atoms with E-state index in [0.717, 1.165) is 11.0 Å². The SMILES string of the molecule is C=C(Cl)CN(CC)C(=O)n1cnc(S(=O)(=O)CCC)n1. The average Bonchev–Trinajstić information content (AvgIpc) is 2.85. The molecule has 0 saturated carbocycles. The molecule has 1 amide bonds. The topological polar surface area (TPSA) is 85.2 Å². The lowest BCUT2D eigenvalue weighted by molar-refractivity contribution is 0.203. The van der Waals surface area contributed by atoms with E-state index < -0.39 is 15.9 Å². The lowest BCUT2D eigenvalue weighted by atomic mass is 10.5. The highest BCUT2D eigenvalue weighted by Gasteiger charge is 2.22. The molecule has 0 bridgehead atoms. The van der Waals surface area contributed by atoms with E-state index in [-0.39, 0.29) is 17.5 Å². The molecule has 0 spiro atoms. The predicted molar refractivity (Wildman–Crippen MR) is 75.4 cm³/mol. The number of nitrogens with zero attached hydrogens (tertiary/aromatic N) is 4. The summed E-state index contributed by atoms with van der Waals surface area (Å²) in [4.78, 5) is 17.2. The van der Waals surface area contributed by atoms with Crippen LogP contribution >= 0.6 is 11.6 Å². The van der Waals surface area contributed by atoms with Crippen molar-refractivity contribution < 1.29 is 13.2 Å². The van der Waals surface area contributed by atoms with Crippen LogP contribution in [0.2, 0.25) is 0 Å². The van der Waals surface area contributed by atoms with E-state index in [9.17, 15) is 13.2 Å². The number of carbonyl (C=O) groups is 1. The van der Waals surface area contributed by atoms with E-state index in [1.807, 2.05) is 0 Å². The molecule has 0 radical (unpaired) electrons. The van der Waals surface area contributed by atoms with E-state index in [2.05, 4.69) is 16.7 Å². The number of hydrogen-bond acceptors (Lipinski definition) is 5. The van der Waals surface area contributed by atoms with Gasteiger partial charge in [-0.1, -0.05) is 25.1 Å². The number of hydrogen-bond donors (Lipinski definition) is 0. The molecule has 20 heavy (non-hydrogen) atoms. The lowest BCUT2D eigenvalue weighted by Crippen LogP contribution is -2.35. The Balaban J connectivity index is 2.96. The van der Waals surface area contributed by atoms with Crippen LogP contribution in [0.15, 0.2) is 23.1 Å². The molecule has 1 heterocycles. The number of likely N-dealkylation sites (N-methyl/N-ethyl adjacent to an activating group) is 1. The molecule has 1 aromatic rings. The monoisotopic (exact) mass is 320 g/mol. The number of carbonyl (C=O) groups excluding carboxylic acids is 1. The summed E-state index contributed by atoms with van der Waals surface area (Å²) in [6.07, 6.45) is 1.54. The minimum absolute atomic E-state index is 0.0544. The van der Waals surface area contributed by atoms with Crippen LogP contribution in [0.1, 0.15) is 20.3 Å². The van der Waals surface area contributed by atoms with Gasteiger partial charge in [0.15, 0.2) is 0 Å². The normalized spacial score (nSPS) is 11.3. The second-order valence-electron chi connectivity index (χ2n) is 4.10. The van der Waals surface area contributed by atoms with Crippen molar-refractivity contribution in [1.29, 1.82) is 0 Å². The van der Waals surface area contributed by atoms with Crippen LogP contribution in [0.4, 0.5) is 4.79 Å². The van der Waals surface area contributed by atoms with Crippen molar-refractivity contribution in [2.45, 2.75) is 25.4 Å². The number of halogens is 1. The predicted octanol–water partition coefficient (Wildman–Crippen LogP) is 1.50. The minimum Gasteiger partial charge on any atom is -0.318 e. The lowest BCUT2D eigenvalue weighted by Gasteiger charge is -2.18. The van der Waals surface area contributed by atoms with Gasteiger partial charge in [-0.05, 0) is 13.3 Å². The Bertz CT molecular complexity index is 597. The molecule has 0 aromatic carbocycles. The van der Waals surface area contributed by atoms with Gasteiger partial charge in [-0.3, -0.25) is 0 Å². The molecular weight excluding hydrogens is 304 g/mol. The van der Waals surface area contributed by atoms with E-state index in [1.54, 1.807) is 13.8 Å². The Morgan fingerprint density at radius 3 is 2.65 bits per heavy atom. The smallest absolute Gasteiger partial charge is 0.318 e. The van der Waals surface area contributed by atoms with Gasteiger partial charge >= 0.3 is 6.03 Å². The molecular formula is C11H17ClN4O3S. The molecule has 0 aliphatic heterocycles. The molecule has 0 saturated heterocycles. The van der Waals surface area contributed by atoms with Crippen molar-refractivity contribution in [2.75, 3.05) is 18.8 Å². The van der Waals surface area contributed by atoms with E-state index in [0.29, 0.717) is 18.0 Å². The highest BCUT2D eigenvalue weighted by atomic mass is 35.5. The van der Waals surface area contributed by atoms with Crippen molar-refractivity contribution in [3.63, 3.8) is 0 Å². The van der Waals surface area contributed by atoms with E-state index >= 15 is 0 Å². The van der Waals surface area contributed by atoms with Crippen LogP contribution in [-0.4, -0.2) is 53.0 Å². The zero-order valence-corrected chi connectivity index (χ0v) is 13.0. The molecule has 0 atom stereocenters. The Morgan fingerprint density at radius 1 is 1.50 bits per heavy atom. The Morgan fingerprint density at radius 2 is 2.15 bits per heavy atom. The standard InChI is InChI=1S/C11H17ClN4O3S/c1-4-6-20(18,19)10-13-8-16(14-10)11(17)15(5-2)7-9(3)12/h8H,3-7H2,1-2H3. The van der Waals surface area contributed by atoms with Crippen LogP contribution < -0.4 is 0 Å². The van der Waals surface area contributed by atoms with Gasteiger partial charge in [-0.15, -0.1) is 5.10 Å². The van der Waals surface area contributed by atoms with Crippen molar-refractivity contribution in [3.8, 4) is 0 Å². The van der Waals surface area contributed by atoms with E-state index in [4.69, 9.17) is 11.6 Å². The first-order valence-corrected chi connectivity index (χ1v) is 8.11. The van der Waals surface area contributed by atoms with Crippen LogP contribution in [0.3, 0.4) is 0 Å². The van der Waals surface area contributed by atoms with Crippen molar-refractivity contribution >= 4 is 27.5 Å². The van der Waals surface area contributed by atoms with Gasteiger partial charge in [0, 0.05) is 11.6 Å². The van der Waals surface area contributed by atoms with Crippen molar-refractivity contribution in [1.82, 2.24) is 19.7 Å². The first-order chi connectivity index (χ1) is 9.31. The summed E-state index contributed by atoms with van der Waals surface area (Å²) in [7, 11) is -3.54. The molecule has 0 fully saturated rings. The summed E-state index contributed by atoms with van der Waals surface area (Å²) in [5.74, 6) is -0.0544. The van der Waals surface area contributed by atoms with Crippen molar-refractivity contribution in [3.05, 3.63) is 17.9 Å². The number of rotatable bonds is 6.